The van der Waals surface area contributed by atoms with Crippen LogP contribution in [0.1, 0.15) is 29.8 Å². The molecule has 0 aliphatic carbocycles. The number of amides is 1. The highest BCUT2D eigenvalue weighted by atomic mass is 35.5. The predicted octanol–water partition coefficient (Wildman–Crippen LogP) is 4.55. The molecule has 12 heteroatoms. The number of aromatic nitrogens is 2. The second-order valence-corrected chi connectivity index (χ2v) is 10.9. The van der Waals surface area contributed by atoms with Crippen molar-refractivity contribution in [3.63, 3.8) is 0 Å². The van der Waals surface area contributed by atoms with Gasteiger partial charge < -0.3 is 10.1 Å². The molecule has 2 N–H and O–H groups in total. The van der Waals surface area contributed by atoms with Crippen LogP contribution in [0.15, 0.2) is 48.7 Å². The van der Waals surface area contributed by atoms with Gasteiger partial charge in [-0.05, 0) is 48.0 Å². The minimum absolute atomic E-state index is 0.178. The molecule has 0 saturated carbocycles. The number of sulfonamides is 1. The van der Waals surface area contributed by atoms with Gasteiger partial charge >= 0.3 is 5.57 Å². The van der Waals surface area contributed by atoms with Crippen LogP contribution in [0.25, 0.3) is 11.3 Å². The van der Waals surface area contributed by atoms with Gasteiger partial charge in [-0.3, -0.25) is 14.2 Å². The molecule has 0 spiro atoms. The zero-order valence-electron chi connectivity index (χ0n) is 18.4. The summed E-state index contributed by atoms with van der Waals surface area (Å²) in [5.41, 5.74) is -1.35. The average molecular weight is 511 g/mol. The molecule has 8 nitrogen and oxygen atoms in total. The van der Waals surface area contributed by atoms with Crippen LogP contribution >= 0.6 is 11.6 Å². The maximum absolute atomic E-state index is 13.1. The summed E-state index contributed by atoms with van der Waals surface area (Å²) < 4.78 is 56.2. The molecular weight excluding hydrogens is 490 g/mol. The Morgan fingerprint density at radius 2 is 1.91 bits per heavy atom. The van der Waals surface area contributed by atoms with Gasteiger partial charge in [0.05, 0.1) is 17.6 Å². The summed E-state index contributed by atoms with van der Waals surface area (Å²) in [5, 5.41) is 9.54. The average Bonchev–Trinajstić information content (AvgIpc) is 3.34. The molecule has 34 heavy (non-hydrogen) atoms. The van der Waals surface area contributed by atoms with Crippen molar-refractivity contribution in [2.75, 3.05) is 22.4 Å². The fourth-order valence-electron chi connectivity index (χ4n) is 4.05. The van der Waals surface area contributed by atoms with Crippen molar-refractivity contribution < 1.29 is 26.7 Å². The fraction of sp³-hybridized carbons (Fsp3) is 0.273. The lowest BCUT2D eigenvalue weighted by atomic mass is 9.82. The number of alkyl halides is 3. The van der Waals surface area contributed by atoms with Gasteiger partial charge in [-0.1, -0.05) is 13.8 Å². The second kappa shape index (κ2) is 8.24. The lowest BCUT2D eigenvalue weighted by molar-refractivity contribution is -0.0964. The number of ether oxygens (including phenoxy) is 1. The standard InChI is InChI=1S/C22H21ClF2N4O4S/c1-21(2)12-29(34(3,31)32)18-11-13(10-16(19(18)21)17-8-9-26-28-17)20(30)27-14-4-6-15(7-5-14)33-22(23,24)25/h4-11H,12H2,1-3H3,(H,26,28)(H,27,30). The first-order chi connectivity index (χ1) is 15.7. The molecule has 0 bridgehead atoms. The summed E-state index contributed by atoms with van der Waals surface area (Å²) in [6.07, 6.45) is 2.69. The normalized spacial score (nSPS) is 15.2. The third kappa shape index (κ3) is 4.85. The van der Waals surface area contributed by atoms with E-state index < -0.39 is 26.9 Å². The number of nitrogens with one attached hydrogen (secondary N) is 2. The molecule has 1 aliphatic heterocycles. The number of halogens is 3. The van der Waals surface area contributed by atoms with Crippen LogP contribution < -0.4 is 14.4 Å². The molecule has 1 aliphatic rings. The molecule has 0 fully saturated rings. The highest BCUT2D eigenvalue weighted by molar-refractivity contribution is 7.92. The highest BCUT2D eigenvalue weighted by Crippen LogP contribution is 2.47. The second-order valence-electron chi connectivity index (χ2n) is 8.57. The Morgan fingerprint density at radius 3 is 2.47 bits per heavy atom. The maximum atomic E-state index is 13.1. The summed E-state index contributed by atoms with van der Waals surface area (Å²) in [6, 6.07) is 10.2. The molecule has 2 aromatic carbocycles. The van der Waals surface area contributed by atoms with Crippen LogP contribution in [0.2, 0.25) is 0 Å². The monoisotopic (exact) mass is 510 g/mol. The molecule has 0 atom stereocenters. The van der Waals surface area contributed by atoms with Crippen LogP contribution in [0.3, 0.4) is 0 Å². The summed E-state index contributed by atoms with van der Waals surface area (Å²) in [6.45, 7) is 4.09. The van der Waals surface area contributed by atoms with Crippen molar-refractivity contribution in [1.82, 2.24) is 10.2 Å². The van der Waals surface area contributed by atoms with E-state index in [0.29, 0.717) is 22.6 Å². The predicted molar refractivity (Wildman–Crippen MR) is 125 cm³/mol. The van der Waals surface area contributed by atoms with Crippen molar-refractivity contribution >= 4 is 38.9 Å². The van der Waals surface area contributed by atoms with E-state index in [1.54, 1.807) is 18.3 Å². The quantitative estimate of drug-likeness (QED) is 0.473. The molecule has 1 amide bonds. The number of nitrogens with zero attached hydrogens (tertiary/aromatic N) is 2. The van der Waals surface area contributed by atoms with Crippen molar-refractivity contribution in [1.29, 1.82) is 0 Å². The van der Waals surface area contributed by atoms with E-state index in [9.17, 15) is 22.0 Å². The SMILES string of the molecule is CC1(C)CN(S(C)(=O)=O)c2cc(C(=O)Nc3ccc(OC(F)(F)Cl)cc3)cc(-c3ccn[nH]3)c21. The third-order valence-corrected chi connectivity index (χ3v) is 6.60. The molecule has 1 aromatic heterocycles. The Balaban J connectivity index is 1.73. The lowest BCUT2D eigenvalue weighted by Gasteiger charge is -2.21. The highest BCUT2D eigenvalue weighted by Gasteiger charge is 2.42. The number of rotatable bonds is 6. The Labute approximate surface area is 199 Å². The fourth-order valence-corrected chi connectivity index (χ4v) is 5.19. The number of aromatic amines is 1. The first-order valence-corrected chi connectivity index (χ1v) is 12.3. The van der Waals surface area contributed by atoms with E-state index in [1.807, 2.05) is 13.8 Å². The summed E-state index contributed by atoms with van der Waals surface area (Å²) >= 11 is 4.76. The van der Waals surface area contributed by atoms with Crippen LogP contribution in [0.4, 0.5) is 20.2 Å². The molecule has 2 heterocycles. The number of H-pyrrole nitrogens is 1. The maximum Gasteiger partial charge on any atom is 0.487 e. The summed E-state index contributed by atoms with van der Waals surface area (Å²) in [4.78, 5) is 13.1. The third-order valence-electron chi connectivity index (χ3n) is 5.40. The van der Waals surface area contributed by atoms with Crippen LogP contribution in [-0.4, -0.2) is 42.9 Å². The van der Waals surface area contributed by atoms with Gasteiger partial charge in [-0.2, -0.15) is 5.10 Å². The van der Waals surface area contributed by atoms with E-state index in [2.05, 4.69) is 20.3 Å². The van der Waals surface area contributed by atoms with E-state index in [1.165, 1.54) is 34.6 Å². The zero-order valence-corrected chi connectivity index (χ0v) is 20.0. The number of hydrogen-bond acceptors (Lipinski definition) is 5. The number of hydrogen-bond donors (Lipinski definition) is 2. The van der Waals surface area contributed by atoms with Crippen LogP contribution in [0, 0.1) is 0 Å². The Kier molecular flexibility index (Phi) is 5.81. The molecule has 180 valence electrons. The van der Waals surface area contributed by atoms with Crippen molar-refractivity contribution in [2.45, 2.75) is 24.8 Å². The molecule has 0 radical (unpaired) electrons. The van der Waals surface area contributed by atoms with E-state index in [4.69, 9.17) is 11.6 Å². The largest absolute Gasteiger partial charge is 0.487 e. The Morgan fingerprint density at radius 1 is 1.24 bits per heavy atom. The van der Waals surface area contributed by atoms with Crippen molar-refractivity contribution in [2.24, 2.45) is 0 Å². The number of benzene rings is 2. The van der Waals surface area contributed by atoms with E-state index in [0.717, 1.165) is 11.8 Å². The van der Waals surface area contributed by atoms with E-state index >= 15 is 0 Å². The number of anilines is 2. The number of fused-ring (bicyclic) bond motifs is 1. The summed E-state index contributed by atoms with van der Waals surface area (Å²) in [5.74, 6) is -0.693. The number of carbonyl (C=O) groups excluding carboxylic acids is 1. The van der Waals surface area contributed by atoms with Gasteiger partial charge in [-0.25, -0.2) is 8.42 Å². The molecule has 4 rings (SSSR count). The summed E-state index contributed by atoms with van der Waals surface area (Å²) in [7, 11) is -3.60. The van der Waals surface area contributed by atoms with Crippen molar-refractivity contribution in [3.8, 4) is 17.0 Å². The van der Waals surface area contributed by atoms with Gasteiger partial charge in [0.15, 0.2) is 0 Å². The smallest absolute Gasteiger partial charge is 0.420 e. The topological polar surface area (TPSA) is 104 Å². The van der Waals surface area contributed by atoms with Gasteiger partial charge in [-0.15, -0.1) is 8.78 Å². The molecule has 3 aromatic rings. The van der Waals surface area contributed by atoms with Gasteiger partial charge in [0, 0.05) is 46.6 Å². The lowest BCUT2D eigenvalue weighted by Crippen LogP contribution is -2.33. The molecular formula is C22H21ClF2N4O4S. The minimum Gasteiger partial charge on any atom is -0.420 e. The van der Waals surface area contributed by atoms with Crippen molar-refractivity contribution in [3.05, 3.63) is 59.8 Å². The zero-order chi connectivity index (χ0) is 24.9. The number of carbonyl (C=O) groups is 1. The first-order valence-electron chi connectivity index (χ1n) is 10.1. The van der Waals surface area contributed by atoms with E-state index in [-0.39, 0.29) is 17.9 Å². The van der Waals surface area contributed by atoms with Gasteiger partial charge in [0.25, 0.3) is 5.91 Å². The Bertz CT molecular complexity index is 1340. The Hall–Kier alpha value is -3.18. The van der Waals surface area contributed by atoms with Gasteiger partial charge in [0.2, 0.25) is 10.0 Å². The van der Waals surface area contributed by atoms with Crippen LogP contribution in [-0.2, 0) is 15.4 Å². The molecule has 0 saturated heterocycles. The van der Waals surface area contributed by atoms with Crippen LogP contribution in [0.5, 0.6) is 5.75 Å². The first kappa shape index (κ1) is 24.0. The minimum atomic E-state index is -3.85. The van der Waals surface area contributed by atoms with Gasteiger partial charge in [0.1, 0.15) is 5.75 Å². The molecule has 0 unspecified atom stereocenters.